The number of hydrogen-bond donors (Lipinski definition) is 2. The fraction of sp³-hybridized carbons (Fsp3) is 0.533. The highest BCUT2D eigenvalue weighted by Crippen LogP contribution is 2.33. The summed E-state index contributed by atoms with van der Waals surface area (Å²) in [5, 5.41) is 6.23. The molecule has 0 radical (unpaired) electrons. The molecule has 4 nitrogen and oxygen atoms in total. The van der Waals surface area contributed by atoms with E-state index < -0.39 is 0 Å². The number of carbonyl (C=O) groups is 1. The van der Waals surface area contributed by atoms with Gasteiger partial charge < -0.3 is 15.4 Å². The van der Waals surface area contributed by atoms with Crippen LogP contribution >= 0.6 is 15.9 Å². The molecule has 0 saturated carbocycles. The van der Waals surface area contributed by atoms with E-state index in [1.807, 2.05) is 26.0 Å². The van der Waals surface area contributed by atoms with Crippen LogP contribution < -0.4 is 15.4 Å². The minimum absolute atomic E-state index is 0.0313. The Balaban J connectivity index is 2.03. The van der Waals surface area contributed by atoms with E-state index in [-0.39, 0.29) is 18.0 Å². The molecule has 1 amide bonds. The average Bonchev–Trinajstić information content (AvgIpc) is 2.57. The molecular weight excluding hydrogens is 320 g/mol. The first-order chi connectivity index (χ1) is 9.56. The molecule has 2 N–H and O–H groups in total. The van der Waals surface area contributed by atoms with Crippen LogP contribution in [0.25, 0.3) is 0 Å². The Morgan fingerprint density at radius 2 is 2.30 bits per heavy atom. The second-order valence-electron chi connectivity index (χ2n) is 5.33. The molecule has 1 heterocycles. The van der Waals surface area contributed by atoms with E-state index in [9.17, 15) is 4.79 Å². The number of amides is 1. The number of ether oxygens (including phenoxy) is 1. The zero-order chi connectivity index (χ0) is 14.5. The number of benzene rings is 1. The summed E-state index contributed by atoms with van der Waals surface area (Å²) < 4.78 is 6.77. The van der Waals surface area contributed by atoms with Crippen molar-refractivity contribution in [1.29, 1.82) is 0 Å². The number of hydrogen-bond acceptors (Lipinski definition) is 3. The first-order valence-corrected chi connectivity index (χ1v) is 7.80. The summed E-state index contributed by atoms with van der Waals surface area (Å²) in [6.45, 7) is 4.98. The zero-order valence-electron chi connectivity index (χ0n) is 11.9. The van der Waals surface area contributed by atoms with Crippen molar-refractivity contribution in [2.24, 2.45) is 0 Å². The zero-order valence-corrected chi connectivity index (χ0v) is 13.5. The van der Waals surface area contributed by atoms with Crippen LogP contribution in [0, 0.1) is 0 Å². The summed E-state index contributed by atoms with van der Waals surface area (Å²) in [7, 11) is 0. The van der Waals surface area contributed by atoms with Gasteiger partial charge in [0, 0.05) is 22.1 Å². The second-order valence-corrected chi connectivity index (χ2v) is 6.24. The van der Waals surface area contributed by atoms with E-state index in [0.29, 0.717) is 6.54 Å². The van der Waals surface area contributed by atoms with Gasteiger partial charge in [-0.05, 0) is 38.8 Å². The third-order valence-electron chi connectivity index (χ3n) is 3.20. The maximum absolute atomic E-state index is 11.7. The van der Waals surface area contributed by atoms with Crippen molar-refractivity contribution in [2.45, 2.75) is 38.8 Å². The molecule has 5 heteroatoms. The summed E-state index contributed by atoms with van der Waals surface area (Å²) in [4.78, 5) is 11.7. The lowest BCUT2D eigenvalue weighted by molar-refractivity contribution is -0.120. The highest BCUT2D eigenvalue weighted by Gasteiger charge is 2.20. The van der Waals surface area contributed by atoms with Crippen LogP contribution in [-0.2, 0) is 4.79 Å². The van der Waals surface area contributed by atoms with Gasteiger partial charge in [0.05, 0.1) is 13.2 Å². The molecular formula is C15H21BrN2O2. The van der Waals surface area contributed by atoms with Gasteiger partial charge in [-0.1, -0.05) is 22.0 Å². The Labute approximate surface area is 128 Å². The van der Waals surface area contributed by atoms with Crippen LogP contribution in [-0.4, -0.2) is 25.1 Å². The Bertz CT molecular complexity index is 477. The van der Waals surface area contributed by atoms with E-state index in [1.165, 1.54) is 0 Å². The normalized spacial score (nSPS) is 18.1. The quantitative estimate of drug-likeness (QED) is 0.885. The van der Waals surface area contributed by atoms with E-state index in [1.54, 1.807) is 0 Å². The molecule has 0 bridgehead atoms. The van der Waals surface area contributed by atoms with Crippen LogP contribution in [0.3, 0.4) is 0 Å². The van der Waals surface area contributed by atoms with E-state index in [0.717, 1.165) is 35.2 Å². The smallest absolute Gasteiger partial charge is 0.234 e. The Morgan fingerprint density at radius 1 is 1.50 bits per heavy atom. The molecule has 1 atom stereocenters. The number of nitrogens with one attached hydrogen (secondary N) is 2. The number of carbonyl (C=O) groups excluding carboxylic acids is 1. The Hall–Kier alpha value is -1.07. The minimum Gasteiger partial charge on any atom is -0.493 e. The molecule has 0 spiro atoms. The third-order valence-corrected chi connectivity index (χ3v) is 3.70. The fourth-order valence-electron chi connectivity index (χ4n) is 2.35. The lowest BCUT2D eigenvalue weighted by Gasteiger charge is -2.19. The van der Waals surface area contributed by atoms with Crippen LogP contribution in [0.5, 0.6) is 5.75 Å². The van der Waals surface area contributed by atoms with Crippen molar-refractivity contribution in [2.75, 3.05) is 13.2 Å². The van der Waals surface area contributed by atoms with Crippen molar-refractivity contribution in [3.63, 3.8) is 0 Å². The molecule has 1 aliphatic heterocycles. The third kappa shape index (κ3) is 4.21. The molecule has 20 heavy (non-hydrogen) atoms. The summed E-state index contributed by atoms with van der Waals surface area (Å²) in [6.07, 6.45) is 1.96. The van der Waals surface area contributed by atoms with Gasteiger partial charge in [-0.3, -0.25) is 4.79 Å². The van der Waals surface area contributed by atoms with Crippen molar-refractivity contribution in [1.82, 2.24) is 10.6 Å². The Morgan fingerprint density at radius 3 is 3.05 bits per heavy atom. The number of halogens is 1. The molecule has 0 fully saturated rings. The van der Waals surface area contributed by atoms with Crippen LogP contribution in [0.1, 0.15) is 38.3 Å². The summed E-state index contributed by atoms with van der Waals surface area (Å²) in [5.41, 5.74) is 1.13. The lowest BCUT2D eigenvalue weighted by Crippen LogP contribution is -2.38. The molecule has 1 aliphatic rings. The van der Waals surface area contributed by atoms with Crippen LogP contribution in [0.4, 0.5) is 0 Å². The van der Waals surface area contributed by atoms with Gasteiger partial charge in [0.15, 0.2) is 0 Å². The average molecular weight is 341 g/mol. The first kappa shape index (κ1) is 15.3. The van der Waals surface area contributed by atoms with Gasteiger partial charge in [0.1, 0.15) is 5.75 Å². The van der Waals surface area contributed by atoms with Crippen molar-refractivity contribution in [3.8, 4) is 5.75 Å². The minimum atomic E-state index is 0.0313. The largest absolute Gasteiger partial charge is 0.493 e. The van der Waals surface area contributed by atoms with Gasteiger partial charge in [0.2, 0.25) is 5.91 Å². The van der Waals surface area contributed by atoms with Crippen molar-refractivity contribution < 1.29 is 9.53 Å². The Kier molecular flexibility index (Phi) is 5.43. The van der Waals surface area contributed by atoms with Crippen LogP contribution in [0.15, 0.2) is 22.7 Å². The molecule has 1 aromatic carbocycles. The van der Waals surface area contributed by atoms with Crippen LogP contribution in [0.2, 0.25) is 0 Å². The molecule has 110 valence electrons. The van der Waals surface area contributed by atoms with Gasteiger partial charge in [-0.15, -0.1) is 0 Å². The van der Waals surface area contributed by atoms with Gasteiger partial charge in [-0.2, -0.15) is 0 Å². The molecule has 0 aliphatic carbocycles. The number of fused-ring (bicyclic) bond motifs is 1. The summed E-state index contributed by atoms with van der Waals surface area (Å²) in [5.74, 6) is 0.933. The lowest BCUT2D eigenvalue weighted by atomic mass is 10.0. The van der Waals surface area contributed by atoms with Crippen molar-refractivity contribution in [3.05, 3.63) is 28.2 Å². The molecule has 1 aromatic rings. The predicted octanol–water partition coefficient (Wildman–Crippen LogP) is 2.78. The number of rotatable bonds is 4. The predicted molar refractivity (Wildman–Crippen MR) is 82.9 cm³/mol. The van der Waals surface area contributed by atoms with Gasteiger partial charge >= 0.3 is 0 Å². The molecule has 0 saturated heterocycles. The SMILES string of the molecule is CC(C)NC(=O)CNC1CCCOc2cc(Br)ccc21. The molecule has 1 unspecified atom stereocenters. The highest BCUT2D eigenvalue weighted by atomic mass is 79.9. The monoisotopic (exact) mass is 340 g/mol. The fourth-order valence-corrected chi connectivity index (χ4v) is 2.69. The van der Waals surface area contributed by atoms with Gasteiger partial charge in [0.25, 0.3) is 0 Å². The van der Waals surface area contributed by atoms with E-state index in [4.69, 9.17) is 4.74 Å². The summed E-state index contributed by atoms with van der Waals surface area (Å²) >= 11 is 3.46. The van der Waals surface area contributed by atoms with Gasteiger partial charge in [-0.25, -0.2) is 0 Å². The summed E-state index contributed by atoms with van der Waals surface area (Å²) in [6, 6.07) is 6.39. The second kappa shape index (κ2) is 7.09. The maximum atomic E-state index is 11.7. The first-order valence-electron chi connectivity index (χ1n) is 7.01. The molecule has 0 aromatic heterocycles. The topological polar surface area (TPSA) is 50.4 Å². The maximum Gasteiger partial charge on any atom is 0.234 e. The highest BCUT2D eigenvalue weighted by molar-refractivity contribution is 9.10. The van der Waals surface area contributed by atoms with Crippen molar-refractivity contribution >= 4 is 21.8 Å². The van der Waals surface area contributed by atoms with E-state index >= 15 is 0 Å². The standard InChI is InChI=1S/C15H21BrN2O2/c1-10(2)18-15(19)9-17-13-4-3-7-20-14-8-11(16)5-6-12(13)14/h5-6,8,10,13,17H,3-4,7,9H2,1-2H3,(H,18,19). The molecule has 2 rings (SSSR count). The van der Waals surface area contributed by atoms with E-state index in [2.05, 4.69) is 32.6 Å².